The number of amides is 1. The third kappa shape index (κ3) is 3.81. The van der Waals surface area contributed by atoms with Gasteiger partial charge in [0.15, 0.2) is 0 Å². The number of carbonyl (C=O) groups excluding carboxylic acids is 1. The lowest BCUT2D eigenvalue weighted by Crippen LogP contribution is -2.18. The predicted molar refractivity (Wildman–Crippen MR) is 85.6 cm³/mol. The standard InChI is InChI=1S/C17H21N3O/c1-17(2,3)14-9-7-13(8-10-14)16(21)19-18-12-15-6-5-11-20(15)4/h5-12H,1-4H3,(H,19,21)/b18-12-. The maximum Gasteiger partial charge on any atom is 0.271 e. The molecule has 4 nitrogen and oxygen atoms in total. The zero-order valence-electron chi connectivity index (χ0n) is 12.9. The van der Waals surface area contributed by atoms with E-state index in [2.05, 4.69) is 31.3 Å². The van der Waals surface area contributed by atoms with Crippen molar-refractivity contribution in [3.63, 3.8) is 0 Å². The molecule has 0 bridgehead atoms. The summed E-state index contributed by atoms with van der Waals surface area (Å²) in [6.07, 6.45) is 3.55. The van der Waals surface area contributed by atoms with Gasteiger partial charge >= 0.3 is 0 Å². The lowest BCUT2D eigenvalue weighted by atomic mass is 9.87. The maximum atomic E-state index is 12.0. The summed E-state index contributed by atoms with van der Waals surface area (Å²) in [6, 6.07) is 11.5. The van der Waals surface area contributed by atoms with Crippen molar-refractivity contribution < 1.29 is 4.79 Å². The molecule has 0 spiro atoms. The SMILES string of the molecule is Cn1cccc1/C=N\NC(=O)c1ccc(C(C)(C)C)cc1. The first-order valence-corrected chi connectivity index (χ1v) is 6.93. The molecule has 1 aromatic heterocycles. The minimum absolute atomic E-state index is 0.0830. The minimum Gasteiger partial charge on any atom is -0.350 e. The van der Waals surface area contributed by atoms with Crippen LogP contribution in [-0.2, 0) is 12.5 Å². The summed E-state index contributed by atoms with van der Waals surface area (Å²) in [4.78, 5) is 12.0. The van der Waals surface area contributed by atoms with E-state index in [0.717, 1.165) is 5.69 Å². The van der Waals surface area contributed by atoms with E-state index in [1.807, 2.05) is 54.2 Å². The van der Waals surface area contributed by atoms with Crippen molar-refractivity contribution in [1.82, 2.24) is 9.99 Å². The van der Waals surface area contributed by atoms with E-state index >= 15 is 0 Å². The van der Waals surface area contributed by atoms with Gasteiger partial charge in [0, 0.05) is 18.8 Å². The van der Waals surface area contributed by atoms with Crippen molar-refractivity contribution in [2.45, 2.75) is 26.2 Å². The number of hydrogen-bond donors (Lipinski definition) is 1. The van der Waals surface area contributed by atoms with E-state index < -0.39 is 0 Å². The van der Waals surface area contributed by atoms with Gasteiger partial charge in [-0.05, 0) is 35.2 Å². The molecule has 1 aromatic carbocycles. The fourth-order valence-corrected chi connectivity index (χ4v) is 1.95. The average molecular weight is 283 g/mol. The molecular weight excluding hydrogens is 262 g/mol. The fourth-order valence-electron chi connectivity index (χ4n) is 1.95. The highest BCUT2D eigenvalue weighted by molar-refractivity contribution is 5.94. The molecule has 0 saturated carbocycles. The maximum absolute atomic E-state index is 12.0. The Hall–Kier alpha value is -2.36. The van der Waals surface area contributed by atoms with Crippen LogP contribution in [-0.4, -0.2) is 16.7 Å². The Kier molecular flexibility index (Phi) is 4.26. The predicted octanol–water partition coefficient (Wildman–Crippen LogP) is 3.09. The molecule has 2 rings (SSSR count). The normalized spacial score (nSPS) is 11.8. The smallest absolute Gasteiger partial charge is 0.271 e. The number of nitrogens with one attached hydrogen (secondary N) is 1. The fraction of sp³-hybridized carbons (Fsp3) is 0.294. The first-order chi connectivity index (χ1) is 9.88. The topological polar surface area (TPSA) is 46.4 Å². The molecular formula is C17H21N3O. The molecule has 0 unspecified atom stereocenters. The monoisotopic (exact) mass is 283 g/mol. The molecule has 1 N–H and O–H groups in total. The van der Waals surface area contributed by atoms with E-state index in [1.165, 1.54) is 5.56 Å². The second-order valence-corrected chi connectivity index (χ2v) is 6.07. The molecule has 0 fully saturated rings. The highest BCUT2D eigenvalue weighted by atomic mass is 16.2. The van der Waals surface area contributed by atoms with Crippen LogP contribution in [0.3, 0.4) is 0 Å². The van der Waals surface area contributed by atoms with E-state index in [4.69, 9.17) is 0 Å². The van der Waals surface area contributed by atoms with E-state index in [-0.39, 0.29) is 11.3 Å². The number of aryl methyl sites for hydroxylation is 1. The largest absolute Gasteiger partial charge is 0.350 e. The number of carbonyl (C=O) groups is 1. The Morgan fingerprint density at radius 3 is 2.38 bits per heavy atom. The molecule has 1 heterocycles. The van der Waals surface area contributed by atoms with Crippen LogP contribution < -0.4 is 5.43 Å². The van der Waals surface area contributed by atoms with Crippen molar-refractivity contribution in [3.8, 4) is 0 Å². The Labute approximate surface area is 125 Å². The highest BCUT2D eigenvalue weighted by Crippen LogP contribution is 2.22. The van der Waals surface area contributed by atoms with E-state index in [9.17, 15) is 4.79 Å². The van der Waals surface area contributed by atoms with Gasteiger partial charge in [0.1, 0.15) is 0 Å². The van der Waals surface area contributed by atoms with Gasteiger partial charge in [0.2, 0.25) is 0 Å². The lowest BCUT2D eigenvalue weighted by molar-refractivity contribution is 0.0955. The number of aromatic nitrogens is 1. The zero-order chi connectivity index (χ0) is 15.5. The van der Waals surface area contributed by atoms with Crippen LogP contribution in [0.15, 0.2) is 47.7 Å². The number of nitrogens with zero attached hydrogens (tertiary/aromatic N) is 2. The van der Waals surface area contributed by atoms with Crippen LogP contribution in [0.1, 0.15) is 42.4 Å². The van der Waals surface area contributed by atoms with Gasteiger partial charge in [-0.15, -0.1) is 0 Å². The molecule has 0 atom stereocenters. The summed E-state index contributed by atoms with van der Waals surface area (Å²) in [5, 5.41) is 3.98. The van der Waals surface area contributed by atoms with Crippen LogP contribution >= 0.6 is 0 Å². The first kappa shape index (κ1) is 15.0. The summed E-state index contributed by atoms with van der Waals surface area (Å²) >= 11 is 0. The van der Waals surface area contributed by atoms with Gasteiger partial charge in [-0.1, -0.05) is 32.9 Å². The van der Waals surface area contributed by atoms with Crippen LogP contribution in [0.25, 0.3) is 0 Å². The highest BCUT2D eigenvalue weighted by Gasteiger charge is 2.14. The number of hydrogen-bond acceptors (Lipinski definition) is 2. The summed E-state index contributed by atoms with van der Waals surface area (Å²) < 4.78 is 1.92. The van der Waals surface area contributed by atoms with Gasteiger partial charge in [-0.25, -0.2) is 5.43 Å². The van der Waals surface area contributed by atoms with Crippen LogP contribution in [0, 0.1) is 0 Å². The molecule has 0 saturated heterocycles. The summed E-state index contributed by atoms with van der Waals surface area (Å²) in [7, 11) is 1.92. The Morgan fingerprint density at radius 1 is 1.19 bits per heavy atom. The van der Waals surface area contributed by atoms with Crippen LogP contribution in [0.4, 0.5) is 0 Å². The first-order valence-electron chi connectivity index (χ1n) is 6.93. The zero-order valence-corrected chi connectivity index (χ0v) is 12.9. The van der Waals surface area contributed by atoms with Gasteiger partial charge in [-0.2, -0.15) is 5.10 Å². The van der Waals surface area contributed by atoms with Crippen molar-refractivity contribution in [2.75, 3.05) is 0 Å². The molecule has 0 radical (unpaired) electrons. The van der Waals surface area contributed by atoms with Gasteiger partial charge < -0.3 is 4.57 Å². The Bertz CT molecular complexity index is 645. The quantitative estimate of drug-likeness (QED) is 0.683. The second kappa shape index (κ2) is 5.95. The molecule has 2 aromatic rings. The van der Waals surface area contributed by atoms with Crippen LogP contribution in [0.2, 0.25) is 0 Å². The van der Waals surface area contributed by atoms with Gasteiger partial charge in [-0.3, -0.25) is 4.79 Å². The van der Waals surface area contributed by atoms with Crippen molar-refractivity contribution in [1.29, 1.82) is 0 Å². The number of hydrazone groups is 1. The van der Waals surface area contributed by atoms with Gasteiger partial charge in [0.05, 0.1) is 11.9 Å². The molecule has 1 amide bonds. The van der Waals surface area contributed by atoms with E-state index in [1.54, 1.807) is 6.21 Å². The lowest BCUT2D eigenvalue weighted by Gasteiger charge is -2.18. The molecule has 4 heteroatoms. The van der Waals surface area contributed by atoms with Crippen molar-refractivity contribution >= 4 is 12.1 Å². The third-order valence-corrected chi connectivity index (χ3v) is 3.36. The summed E-state index contributed by atoms with van der Waals surface area (Å²) in [5.74, 6) is -0.207. The molecule has 110 valence electrons. The summed E-state index contributed by atoms with van der Waals surface area (Å²) in [6.45, 7) is 6.44. The molecule has 0 aliphatic carbocycles. The molecule has 0 aliphatic heterocycles. The van der Waals surface area contributed by atoms with Crippen LogP contribution in [0.5, 0.6) is 0 Å². The number of benzene rings is 1. The number of rotatable bonds is 3. The third-order valence-electron chi connectivity index (χ3n) is 3.36. The van der Waals surface area contributed by atoms with Crippen molar-refractivity contribution in [2.24, 2.45) is 12.1 Å². The summed E-state index contributed by atoms with van der Waals surface area (Å²) in [5.41, 5.74) is 5.36. The minimum atomic E-state index is -0.207. The average Bonchev–Trinajstić information content (AvgIpc) is 2.83. The Balaban J connectivity index is 2.01. The van der Waals surface area contributed by atoms with Gasteiger partial charge in [0.25, 0.3) is 5.91 Å². The second-order valence-electron chi connectivity index (χ2n) is 6.07. The molecule has 21 heavy (non-hydrogen) atoms. The van der Waals surface area contributed by atoms with E-state index in [0.29, 0.717) is 5.56 Å². The Morgan fingerprint density at radius 2 is 1.86 bits per heavy atom. The van der Waals surface area contributed by atoms with Crippen molar-refractivity contribution in [3.05, 3.63) is 59.4 Å². The molecule has 0 aliphatic rings.